The number of fused-ring (bicyclic) bond motifs is 2. The molecule has 4 fully saturated rings. The summed E-state index contributed by atoms with van der Waals surface area (Å²) < 4.78 is 18.0. The van der Waals surface area contributed by atoms with Crippen LogP contribution in [-0.4, -0.2) is 93.0 Å². The quantitative estimate of drug-likeness (QED) is 0.102. The SMILES string of the molecule is [C-]#[N+]COc1ccc2c(O[C@@H]3C[C@@H](C(=O)N[C@]4(C(=O)O)C[C@H]4C=C)N(C(=O)[C@@H](NC(=O)OC4C[C@@H]5C[C@@H]5C4)C(C)(C)C)C3)cc(-c3csc(NC(C)C)n3)nc2c1Cl. The van der Waals surface area contributed by atoms with E-state index in [-0.39, 0.29) is 49.0 Å². The van der Waals surface area contributed by atoms with Gasteiger partial charge < -0.3 is 40.2 Å². The predicted molar refractivity (Wildman–Crippen MR) is 218 cm³/mol. The van der Waals surface area contributed by atoms with E-state index < -0.39 is 58.9 Å². The lowest BCUT2D eigenvalue weighted by molar-refractivity contribution is -0.146. The van der Waals surface area contributed by atoms with E-state index in [1.807, 2.05) is 40.0 Å². The van der Waals surface area contributed by atoms with Gasteiger partial charge in [-0.15, -0.1) is 17.9 Å². The van der Waals surface area contributed by atoms with Crippen LogP contribution in [0.3, 0.4) is 0 Å². The first-order valence-electron chi connectivity index (χ1n) is 19.4. The molecule has 1 aromatic carbocycles. The maximum absolute atomic E-state index is 14.7. The number of carbonyl (C=O) groups excluding carboxylic acids is 3. The van der Waals surface area contributed by atoms with E-state index in [2.05, 4.69) is 27.4 Å². The van der Waals surface area contributed by atoms with Crippen molar-refractivity contribution in [1.82, 2.24) is 25.5 Å². The average molecular weight is 834 g/mol. The normalized spacial score (nSPS) is 26.3. The minimum absolute atomic E-state index is 0.00354. The molecule has 8 atom stereocenters. The van der Waals surface area contributed by atoms with Gasteiger partial charge in [-0.1, -0.05) is 38.4 Å². The molecule has 3 aromatic rings. The Morgan fingerprint density at radius 1 is 1.12 bits per heavy atom. The molecule has 0 bridgehead atoms. The molecule has 0 radical (unpaired) electrons. The molecule has 58 heavy (non-hydrogen) atoms. The topological polar surface area (TPSA) is 186 Å². The number of nitrogens with one attached hydrogen (secondary N) is 3. The third-order valence-electron chi connectivity index (χ3n) is 11.3. The van der Waals surface area contributed by atoms with Gasteiger partial charge in [-0.2, -0.15) is 0 Å². The van der Waals surface area contributed by atoms with Gasteiger partial charge in [0.25, 0.3) is 0 Å². The van der Waals surface area contributed by atoms with Gasteiger partial charge in [0.1, 0.15) is 52.0 Å². The van der Waals surface area contributed by atoms with Crippen LogP contribution < -0.4 is 25.4 Å². The number of anilines is 1. The fraction of sp³-hybridized carbons (Fsp3) is 0.537. The third kappa shape index (κ3) is 8.38. The van der Waals surface area contributed by atoms with Crippen LogP contribution in [0.5, 0.6) is 11.5 Å². The van der Waals surface area contributed by atoms with Crippen molar-refractivity contribution in [3.8, 4) is 22.9 Å². The van der Waals surface area contributed by atoms with Gasteiger partial charge in [-0.25, -0.2) is 26.1 Å². The highest BCUT2D eigenvalue weighted by Gasteiger charge is 2.61. The molecule has 15 nitrogen and oxygen atoms in total. The number of carboxylic acids is 1. The zero-order valence-electron chi connectivity index (χ0n) is 33.0. The minimum atomic E-state index is -1.54. The van der Waals surface area contributed by atoms with Crippen molar-refractivity contribution in [2.45, 2.75) is 103 Å². The summed E-state index contributed by atoms with van der Waals surface area (Å²) in [6, 6.07) is 2.92. The largest absolute Gasteiger partial charge is 0.488 e. The van der Waals surface area contributed by atoms with Crippen LogP contribution in [0, 0.1) is 29.7 Å². The summed E-state index contributed by atoms with van der Waals surface area (Å²) >= 11 is 8.25. The van der Waals surface area contributed by atoms with Gasteiger partial charge >= 0.3 is 18.8 Å². The number of halogens is 1. The number of carboxylic acid groups (broad SMARTS) is 1. The van der Waals surface area contributed by atoms with Gasteiger partial charge in [0.2, 0.25) is 11.8 Å². The number of aromatic nitrogens is 2. The van der Waals surface area contributed by atoms with Gasteiger partial charge in [-0.3, -0.25) is 14.4 Å². The Bertz CT molecular complexity index is 2170. The molecule has 17 heteroatoms. The van der Waals surface area contributed by atoms with Crippen LogP contribution >= 0.6 is 22.9 Å². The highest BCUT2D eigenvalue weighted by molar-refractivity contribution is 7.14. The van der Waals surface area contributed by atoms with E-state index in [4.69, 9.17) is 42.4 Å². The number of alkyl carbamates (subject to hydrolysis) is 1. The molecule has 0 spiro atoms. The average Bonchev–Trinajstić information content (AvgIpc) is 3.83. The minimum Gasteiger partial charge on any atom is -0.488 e. The Hall–Kier alpha value is -5.14. The maximum Gasteiger partial charge on any atom is 0.408 e. The number of hydrogen-bond donors (Lipinski definition) is 4. The van der Waals surface area contributed by atoms with Crippen LogP contribution in [0.2, 0.25) is 5.02 Å². The summed E-state index contributed by atoms with van der Waals surface area (Å²) in [6.07, 6.45) is 2.74. The molecule has 1 saturated heterocycles. The van der Waals surface area contributed by atoms with Crippen molar-refractivity contribution in [3.05, 3.63) is 52.7 Å². The number of aliphatic carboxylic acids is 1. The van der Waals surface area contributed by atoms with E-state index in [0.29, 0.717) is 45.0 Å². The van der Waals surface area contributed by atoms with Crippen molar-refractivity contribution in [1.29, 1.82) is 0 Å². The molecular weight excluding hydrogens is 786 g/mol. The number of carbonyl (C=O) groups is 4. The smallest absolute Gasteiger partial charge is 0.408 e. The number of benzene rings is 1. The molecule has 3 heterocycles. The summed E-state index contributed by atoms with van der Waals surface area (Å²) in [7, 11) is 0. The first-order valence-corrected chi connectivity index (χ1v) is 20.7. The Labute approximate surface area is 345 Å². The molecule has 4 N–H and O–H groups in total. The molecule has 4 aliphatic rings. The van der Waals surface area contributed by atoms with E-state index in [1.165, 1.54) is 22.3 Å². The van der Waals surface area contributed by atoms with Crippen LogP contribution in [0.1, 0.15) is 66.7 Å². The van der Waals surface area contributed by atoms with Gasteiger partial charge in [0, 0.05) is 35.2 Å². The van der Waals surface area contributed by atoms with E-state index in [0.717, 1.165) is 19.3 Å². The number of rotatable bonds is 14. The molecule has 308 valence electrons. The van der Waals surface area contributed by atoms with Crippen molar-refractivity contribution in [2.75, 3.05) is 18.6 Å². The second-order valence-electron chi connectivity index (χ2n) is 17.0. The molecule has 7 rings (SSSR count). The van der Waals surface area contributed by atoms with Crippen LogP contribution in [-0.2, 0) is 19.1 Å². The second kappa shape index (κ2) is 15.9. The monoisotopic (exact) mass is 833 g/mol. The van der Waals surface area contributed by atoms with Crippen LogP contribution in [0.25, 0.3) is 27.1 Å². The number of nitrogens with zero attached hydrogens (tertiary/aromatic N) is 4. The lowest BCUT2D eigenvalue weighted by Gasteiger charge is -2.35. The summed E-state index contributed by atoms with van der Waals surface area (Å²) in [5.41, 5.74) is -1.05. The number of amides is 3. The summed E-state index contributed by atoms with van der Waals surface area (Å²) in [6.45, 7) is 20.0. The summed E-state index contributed by atoms with van der Waals surface area (Å²) in [5.74, 6) is -1.11. The second-order valence-corrected chi connectivity index (χ2v) is 18.3. The summed E-state index contributed by atoms with van der Waals surface area (Å²) in [4.78, 5) is 68.7. The van der Waals surface area contributed by atoms with Crippen molar-refractivity contribution >= 4 is 62.8 Å². The van der Waals surface area contributed by atoms with Crippen LogP contribution in [0.15, 0.2) is 36.2 Å². The molecule has 3 aliphatic carbocycles. The van der Waals surface area contributed by atoms with Gasteiger partial charge in [0.05, 0.1) is 17.8 Å². The number of ether oxygens (including phenoxy) is 3. The van der Waals surface area contributed by atoms with E-state index in [1.54, 1.807) is 18.2 Å². The maximum atomic E-state index is 14.7. The Kier molecular flexibility index (Phi) is 11.2. The number of pyridine rings is 1. The van der Waals surface area contributed by atoms with E-state index in [9.17, 15) is 24.3 Å². The van der Waals surface area contributed by atoms with Gasteiger partial charge in [0.15, 0.2) is 5.13 Å². The van der Waals surface area contributed by atoms with Crippen molar-refractivity contribution in [2.24, 2.45) is 23.2 Å². The first-order chi connectivity index (χ1) is 27.5. The lowest BCUT2D eigenvalue weighted by atomic mass is 9.85. The molecule has 3 saturated carbocycles. The zero-order valence-corrected chi connectivity index (χ0v) is 34.6. The molecule has 2 aromatic heterocycles. The number of hydrogen-bond acceptors (Lipinski definition) is 11. The fourth-order valence-corrected chi connectivity index (χ4v) is 9.22. The molecule has 1 unspecified atom stereocenters. The zero-order chi connectivity index (χ0) is 41.7. The van der Waals surface area contributed by atoms with Gasteiger partial charge in [-0.05, 0) is 68.9 Å². The Morgan fingerprint density at radius 3 is 2.50 bits per heavy atom. The number of likely N-dealkylation sites (tertiary alicyclic amines) is 1. The predicted octanol–water partition coefficient (Wildman–Crippen LogP) is 6.52. The molecule has 3 amide bonds. The number of thiazole rings is 1. The van der Waals surface area contributed by atoms with Crippen molar-refractivity contribution in [3.63, 3.8) is 0 Å². The molecule has 1 aliphatic heterocycles. The third-order valence-corrected chi connectivity index (χ3v) is 12.5. The Morgan fingerprint density at radius 2 is 1.86 bits per heavy atom. The molecular formula is C41H48ClN7O8S. The van der Waals surface area contributed by atoms with E-state index >= 15 is 0 Å². The Balaban J connectivity index is 1.21. The van der Waals surface area contributed by atoms with Crippen molar-refractivity contribution < 1.29 is 38.5 Å². The summed E-state index contributed by atoms with van der Waals surface area (Å²) in [5, 5.41) is 22.1. The first kappa shape index (κ1) is 41.0. The van der Waals surface area contributed by atoms with Crippen LogP contribution in [0.4, 0.5) is 9.93 Å². The highest BCUT2D eigenvalue weighted by Crippen LogP contribution is 2.52. The lowest BCUT2D eigenvalue weighted by Crippen LogP contribution is -2.59. The standard InChI is InChI=1S/C41H48ClN7O8S/c1-8-23-16-41(23,37(52)53)48-35(50)29-14-25(17-49(29)36(51)34(40(4,5)6)47-39(54)57-24-12-21-11-22(21)13-24)56-31-15-27(28-18-58-38(46-28)44-20(2)3)45-33-26(31)9-10-30(32(33)42)55-19-43-7/h8-10,15,18,20-25,29,34H,1,11-14,16-17,19H2,2-6H3,(H,44,46)(H,47,54)(H,48,50)(H,52,53)/t21-,22+,23-,24?,25-,29+,34-,41-/m1/s1. The fourth-order valence-electron chi connectivity index (χ4n) is 8.10. The highest BCUT2D eigenvalue weighted by atomic mass is 35.5.